The van der Waals surface area contributed by atoms with Gasteiger partial charge < -0.3 is 5.11 Å². The molecule has 0 radical (unpaired) electrons. The summed E-state index contributed by atoms with van der Waals surface area (Å²) in [7, 11) is -4.99. The van der Waals surface area contributed by atoms with Gasteiger partial charge in [0.1, 0.15) is 0 Å². The largest absolute Gasteiger partial charge is 0.497 e. The fourth-order valence-corrected chi connectivity index (χ4v) is 2.69. The Morgan fingerprint density at radius 2 is 1.77 bits per heavy atom. The van der Waals surface area contributed by atoms with Crippen LogP contribution in [0.15, 0.2) is 0 Å². The van der Waals surface area contributed by atoms with Crippen LogP contribution in [-0.2, 0) is 9.84 Å². The summed E-state index contributed by atoms with van der Waals surface area (Å²) in [6.45, 7) is -0.246. The lowest BCUT2D eigenvalue weighted by Crippen LogP contribution is -2.43. The van der Waals surface area contributed by atoms with Gasteiger partial charge in [0.15, 0.2) is 0 Å². The fraction of sp³-hybridized carbons (Fsp3) is 1.00. The Morgan fingerprint density at radius 1 is 1.31 bits per heavy atom. The minimum Gasteiger partial charge on any atom is -0.396 e. The molecule has 1 fully saturated rings. The molecule has 1 rings (SSSR count). The fourth-order valence-electron chi connectivity index (χ4n) is 1.27. The van der Waals surface area contributed by atoms with E-state index in [1.807, 2.05) is 0 Å². The van der Waals surface area contributed by atoms with Crippen LogP contribution < -0.4 is 0 Å². The molecule has 0 amide bonds. The van der Waals surface area contributed by atoms with Crippen molar-refractivity contribution in [2.75, 3.05) is 6.61 Å². The number of sulfone groups is 1. The molecule has 1 saturated carbocycles. The zero-order valence-electron chi connectivity index (χ0n) is 6.58. The number of halogens is 3. The summed E-state index contributed by atoms with van der Waals surface area (Å²) in [5, 5.41) is 7.15. The maximum absolute atomic E-state index is 11.9. The van der Waals surface area contributed by atoms with Crippen molar-refractivity contribution in [3.05, 3.63) is 0 Å². The first-order valence-electron chi connectivity index (χ1n) is 3.70. The van der Waals surface area contributed by atoms with E-state index in [0.29, 0.717) is 0 Å². The maximum atomic E-state index is 11.9. The lowest BCUT2D eigenvalue weighted by atomic mass is 9.86. The van der Waals surface area contributed by atoms with E-state index in [1.165, 1.54) is 0 Å². The van der Waals surface area contributed by atoms with Crippen molar-refractivity contribution in [2.45, 2.75) is 23.6 Å². The Hall–Kier alpha value is -0.300. The molecule has 0 saturated heterocycles. The van der Waals surface area contributed by atoms with Crippen molar-refractivity contribution in [3.63, 3.8) is 0 Å². The number of aliphatic hydroxyl groups is 1. The monoisotopic (exact) mass is 218 g/mol. The average molecular weight is 218 g/mol. The van der Waals surface area contributed by atoms with Gasteiger partial charge >= 0.3 is 5.51 Å². The highest BCUT2D eigenvalue weighted by atomic mass is 32.2. The van der Waals surface area contributed by atoms with Crippen LogP contribution in [0.4, 0.5) is 13.2 Å². The molecule has 0 aromatic heterocycles. The second kappa shape index (κ2) is 3.13. The minimum atomic E-state index is -5.15. The van der Waals surface area contributed by atoms with Crippen LogP contribution in [0.1, 0.15) is 12.8 Å². The highest BCUT2D eigenvalue weighted by Gasteiger charge is 2.54. The molecule has 1 N–H and O–H groups in total. The molecule has 0 heterocycles. The summed E-state index contributed by atoms with van der Waals surface area (Å²) in [6, 6.07) is 0. The molecule has 0 bridgehead atoms. The third-order valence-electron chi connectivity index (χ3n) is 2.21. The first-order valence-corrected chi connectivity index (χ1v) is 5.24. The SMILES string of the molecule is O=S(=O)(C1CC(CO)C1)C(F)(F)F. The summed E-state index contributed by atoms with van der Waals surface area (Å²) < 4.78 is 57.0. The van der Waals surface area contributed by atoms with Gasteiger partial charge in [0, 0.05) is 6.61 Å². The molecule has 0 atom stereocenters. The predicted octanol–water partition coefficient (Wildman–Crippen LogP) is 0.692. The van der Waals surface area contributed by atoms with Crippen LogP contribution in [0, 0.1) is 5.92 Å². The van der Waals surface area contributed by atoms with Crippen LogP contribution in [0.2, 0.25) is 0 Å². The Kier molecular flexibility index (Phi) is 2.59. The van der Waals surface area contributed by atoms with Gasteiger partial charge in [0.05, 0.1) is 5.25 Å². The predicted molar refractivity (Wildman–Crippen MR) is 38.6 cm³/mol. The Labute approximate surface area is 73.5 Å². The number of hydrogen-bond donors (Lipinski definition) is 1. The number of alkyl halides is 3. The van der Waals surface area contributed by atoms with Gasteiger partial charge in [-0.2, -0.15) is 13.2 Å². The minimum absolute atomic E-state index is 0.0850. The van der Waals surface area contributed by atoms with Gasteiger partial charge in [-0.15, -0.1) is 0 Å². The van der Waals surface area contributed by atoms with Gasteiger partial charge in [-0.25, -0.2) is 8.42 Å². The van der Waals surface area contributed by atoms with Crippen molar-refractivity contribution >= 4 is 9.84 Å². The van der Waals surface area contributed by atoms with E-state index in [-0.39, 0.29) is 25.4 Å². The van der Waals surface area contributed by atoms with Crippen molar-refractivity contribution in [3.8, 4) is 0 Å². The topological polar surface area (TPSA) is 54.4 Å². The summed E-state index contributed by atoms with van der Waals surface area (Å²) >= 11 is 0. The summed E-state index contributed by atoms with van der Waals surface area (Å²) in [5.74, 6) is -0.290. The smallest absolute Gasteiger partial charge is 0.396 e. The van der Waals surface area contributed by atoms with E-state index in [2.05, 4.69) is 0 Å². The maximum Gasteiger partial charge on any atom is 0.497 e. The number of hydrogen-bond acceptors (Lipinski definition) is 3. The van der Waals surface area contributed by atoms with Crippen LogP contribution >= 0.6 is 0 Å². The van der Waals surface area contributed by atoms with E-state index in [4.69, 9.17) is 5.11 Å². The molecule has 0 aliphatic heterocycles. The molecule has 7 heteroatoms. The van der Waals surface area contributed by atoms with Crippen LogP contribution in [0.3, 0.4) is 0 Å². The standard InChI is InChI=1S/C6H9F3O3S/c7-6(8,9)13(11,12)5-1-4(2-5)3-10/h4-5,10H,1-3H2. The molecule has 3 nitrogen and oxygen atoms in total. The average Bonchev–Trinajstić information content (AvgIpc) is 1.81. The molecular weight excluding hydrogens is 209 g/mol. The molecule has 78 valence electrons. The first kappa shape index (κ1) is 10.8. The molecule has 0 aromatic rings. The first-order chi connectivity index (χ1) is 5.79. The summed E-state index contributed by atoms with van der Waals surface area (Å²) in [6.07, 6.45) is -0.170. The highest BCUT2D eigenvalue weighted by molar-refractivity contribution is 7.92. The normalized spacial score (nSPS) is 29.8. The quantitative estimate of drug-likeness (QED) is 0.742. The molecule has 0 spiro atoms. The number of aliphatic hydroxyl groups excluding tert-OH is 1. The summed E-state index contributed by atoms with van der Waals surface area (Å²) in [4.78, 5) is 0. The molecular formula is C6H9F3O3S. The van der Waals surface area contributed by atoms with E-state index >= 15 is 0 Å². The molecule has 13 heavy (non-hydrogen) atoms. The van der Waals surface area contributed by atoms with Crippen molar-refractivity contribution in [1.29, 1.82) is 0 Å². The van der Waals surface area contributed by atoms with E-state index in [9.17, 15) is 21.6 Å². The van der Waals surface area contributed by atoms with E-state index < -0.39 is 20.6 Å². The van der Waals surface area contributed by atoms with Crippen LogP contribution in [0.25, 0.3) is 0 Å². The van der Waals surface area contributed by atoms with Crippen LogP contribution in [0.5, 0.6) is 0 Å². The number of rotatable bonds is 2. The lowest BCUT2D eigenvalue weighted by molar-refractivity contribution is -0.0461. The van der Waals surface area contributed by atoms with Crippen molar-refractivity contribution < 1.29 is 26.7 Å². The van der Waals surface area contributed by atoms with Gasteiger partial charge in [-0.3, -0.25) is 0 Å². The molecule has 1 aliphatic carbocycles. The third-order valence-corrected chi connectivity index (χ3v) is 4.12. The van der Waals surface area contributed by atoms with Gasteiger partial charge in [0.2, 0.25) is 0 Å². The Morgan fingerprint density at radius 3 is 2.08 bits per heavy atom. The van der Waals surface area contributed by atoms with E-state index in [1.54, 1.807) is 0 Å². The highest BCUT2D eigenvalue weighted by Crippen LogP contribution is 2.39. The second-order valence-corrected chi connectivity index (χ2v) is 5.35. The molecule has 1 aliphatic rings. The molecule has 0 unspecified atom stereocenters. The van der Waals surface area contributed by atoms with Gasteiger partial charge in [0.25, 0.3) is 9.84 Å². The Balaban J connectivity index is 2.66. The van der Waals surface area contributed by atoms with Crippen LogP contribution in [-0.4, -0.2) is 30.9 Å². The zero-order valence-corrected chi connectivity index (χ0v) is 7.40. The zero-order chi connectivity index (χ0) is 10.3. The van der Waals surface area contributed by atoms with Crippen molar-refractivity contribution in [1.82, 2.24) is 0 Å². The molecule has 0 aromatic carbocycles. The lowest BCUT2D eigenvalue weighted by Gasteiger charge is -2.33. The second-order valence-electron chi connectivity index (χ2n) is 3.13. The van der Waals surface area contributed by atoms with Crippen molar-refractivity contribution in [2.24, 2.45) is 5.92 Å². The van der Waals surface area contributed by atoms with Gasteiger partial charge in [-0.05, 0) is 18.8 Å². The Bertz CT molecular complexity index is 276. The third kappa shape index (κ3) is 1.80. The van der Waals surface area contributed by atoms with E-state index in [0.717, 1.165) is 0 Å². The summed E-state index contributed by atoms with van der Waals surface area (Å²) in [5.41, 5.74) is -5.15. The van der Waals surface area contributed by atoms with Gasteiger partial charge in [-0.1, -0.05) is 0 Å².